The maximum Gasteiger partial charge on any atom is 0.411 e. The number of amides is 2. The largest absolute Gasteiger partial charge is 0.454 e. The third kappa shape index (κ3) is 7.40. The van der Waals surface area contributed by atoms with Gasteiger partial charge in [-0.05, 0) is 57.7 Å². The summed E-state index contributed by atoms with van der Waals surface area (Å²) in [7, 11) is 0. The van der Waals surface area contributed by atoms with Crippen LogP contribution >= 0.6 is 23.2 Å². The fourth-order valence-corrected chi connectivity index (χ4v) is 3.40. The topological polar surface area (TPSA) is 84.9 Å². The van der Waals surface area contributed by atoms with Gasteiger partial charge in [0, 0.05) is 23.1 Å². The van der Waals surface area contributed by atoms with Gasteiger partial charge in [-0.2, -0.15) is 0 Å². The molecule has 2 rings (SSSR count). The van der Waals surface area contributed by atoms with Gasteiger partial charge in [0.1, 0.15) is 11.6 Å². The number of halogens is 2. The zero-order valence-corrected chi connectivity index (χ0v) is 18.3. The average Bonchev–Trinajstić information content (AvgIpc) is 3.10. The number of esters is 1. The van der Waals surface area contributed by atoms with Crippen molar-refractivity contribution in [1.29, 1.82) is 0 Å². The fourth-order valence-electron chi connectivity index (χ4n) is 2.90. The first-order valence-electron chi connectivity index (χ1n) is 9.44. The van der Waals surface area contributed by atoms with Gasteiger partial charge in [0.2, 0.25) is 0 Å². The molecule has 0 bridgehead atoms. The van der Waals surface area contributed by atoms with Crippen molar-refractivity contribution in [3.63, 3.8) is 0 Å². The minimum absolute atomic E-state index is 0.338. The number of hydrogen-bond donors (Lipinski definition) is 1. The second-order valence-corrected chi connectivity index (χ2v) is 8.62. The first kappa shape index (κ1) is 23.3. The van der Waals surface area contributed by atoms with Gasteiger partial charge in [-0.1, -0.05) is 29.3 Å². The lowest BCUT2D eigenvalue weighted by atomic mass is 10.1. The Labute approximate surface area is 180 Å². The number of rotatable bonds is 6. The normalized spacial score (nSPS) is 16.4. The van der Waals surface area contributed by atoms with Crippen molar-refractivity contribution in [2.45, 2.75) is 51.7 Å². The van der Waals surface area contributed by atoms with E-state index in [9.17, 15) is 14.4 Å². The van der Waals surface area contributed by atoms with E-state index in [0.29, 0.717) is 42.4 Å². The molecule has 0 saturated carbocycles. The second-order valence-electron chi connectivity index (χ2n) is 7.78. The van der Waals surface area contributed by atoms with Gasteiger partial charge in [0.25, 0.3) is 5.91 Å². The van der Waals surface area contributed by atoms with E-state index in [0.717, 1.165) is 5.56 Å². The Bertz CT molecular complexity index is 764. The van der Waals surface area contributed by atoms with Crippen LogP contribution in [0.1, 0.15) is 39.2 Å². The lowest BCUT2D eigenvalue weighted by molar-refractivity contribution is -0.152. The van der Waals surface area contributed by atoms with Crippen molar-refractivity contribution in [1.82, 2.24) is 10.2 Å². The molecular weight excluding hydrogens is 419 g/mol. The summed E-state index contributed by atoms with van der Waals surface area (Å²) in [5.41, 5.74) is 0.202. The summed E-state index contributed by atoms with van der Waals surface area (Å²) in [4.78, 5) is 37.9. The summed E-state index contributed by atoms with van der Waals surface area (Å²) in [6.07, 6.45) is 1.12. The van der Waals surface area contributed by atoms with Crippen LogP contribution in [-0.2, 0) is 25.5 Å². The number of likely N-dealkylation sites (tertiary alicyclic amines) is 1. The zero-order valence-electron chi connectivity index (χ0n) is 16.8. The van der Waals surface area contributed by atoms with Crippen LogP contribution in [0, 0.1) is 0 Å². The van der Waals surface area contributed by atoms with Gasteiger partial charge in [-0.25, -0.2) is 9.59 Å². The monoisotopic (exact) mass is 444 g/mol. The number of nitrogens with zero attached hydrogens (tertiary/aromatic N) is 1. The molecule has 1 heterocycles. The standard InChI is InChI=1S/C20H26Cl2N2O5/c1-20(2,3)29-19(27)24-10-4-5-16(24)18(26)28-12-17(25)23-9-8-13-6-7-14(21)11-15(13)22/h6-7,11,16H,4-5,8-10,12H2,1-3H3,(H,23,25)/t16-/m1/s1. The lowest BCUT2D eigenvalue weighted by Gasteiger charge is -2.27. The molecule has 1 aliphatic heterocycles. The Morgan fingerprint density at radius 2 is 1.97 bits per heavy atom. The Balaban J connectivity index is 1.76. The minimum atomic E-state index is -0.731. The van der Waals surface area contributed by atoms with E-state index < -0.39 is 36.2 Å². The van der Waals surface area contributed by atoms with Gasteiger partial charge in [-0.3, -0.25) is 9.69 Å². The molecule has 0 aromatic heterocycles. The van der Waals surface area contributed by atoms with E-state index in [4.69, 9.17) is 32.7 Å². The Morgan fingerprint density at radius 1 is 1.24 bits per heavy atom. The zero-order chi connectivity index (χ0) is 21.6. The van der Waals surface area contributed by atoms with Gasteiger partial charge in [0.05, 0.1) is 0 Å². The molecule has 0 spiro atoms. The van der Waals surface area contributed by atoms with Crippen LogP contribution in [0.15, 0.2) is 18.2 Å². The highest BCUT2D eigenvalue weighted by molar-refractivity contribution is 6.35. The average molecular weight is 445 g/mol. The van der Waals surface area contributed by atoms with Crippen molar-refractivity contribution in [3.8, 4) is 0 Å². The molecule has 0 aliphatic carbocycles. The van der Waals surface area contributed by atoms with Crippen LogP contribution in [0.5, 0.6) is 0 Å². The molecular formula is C20H26Cl2N2O5. The van der Waals surface area contributed by atoms with Crippen molar-refractivity contribution in [3.05, 3.63) is 33.8 Å². The molecule has 29 heavy (non-hydrogen) atoms. The number of carbonyl (C=O) groups is 3. The van der Waals surface area contributed by atoms with Crippen LogP contribution < -0.4 is 5.32 Å². The molecule has 1 aliphatic rings. The van der Waals surface area contributed by atoms with E-state index in [2.05, 4.69) is 5.32 Å². The summed E-state index contributed by atoms with van der Waals surface area (Å²) < 4.78 is 10.4. The SMILES string of the molecule is CC(C)(C)OC(=O)N1CCC[C@@H]1C(=O)OCC(=O)NCCc1ccc(Cl)cc1Cl. The summed E-state index contributed by atoms with van der Waals surface area (Å²) >= 11 is 11.9. The molecule has 0 radical (unpaired) electrons. The van der Waals surface area contributed by atoms with Crippen LogP contribution in [0.3, 0.4) is 0 Å². The Hall–Kier alpha value is -1.99. The summed E-state index contributed by atoms with van der Waals surface area (Å²) in [5, 5.41) is 3.74. The van der Waals surface area contributed by atoms with E-state index in [-0.39, 0.29) is 0 Å². The quantitative estimate of drug-likeness (QED) is 0.677. The first-order valence-corrected chi connectivity index (χ1v) is 10.2. The van der Waals surface area contributed by atoms with Gasteiger partial charge >= 0.3 is 12.1 Å². The number of hydrogen-bond acceptors (Lipinski definition) is 5. The highest BCUT2D eigenvalue weighted by Gasteiger charge is 2.37. The highest BCUT2D eigenvalue weighted by atomic mass is 35.5. The molecule has 2 amide bonds. The number of nitrogens with one attached hydrogen (secondary N) is 1. The van der Waals surface area contributed by atoms with E-state index >= 15 is 0 Å². The number of carbonyl (C=O) groups excluding carboxylic acids is 3. The molecule has 1 fully saturated rings. The first-order chi connectivity index (χ1) is 13.6. The van der Waals surface area contributed by atoms with Crippen molar-refractivity contribution < 1.29 is 23.9 Å². The van der Waals surface area contributed by atoms with Gasteiger partial charge in [0.15, 0.2) is 6.61 Å². The third-order valence-electron chi connectivity index (χ3n) is 4.23. The summed E-state index contributed by atoms with van der Waals surface area (Å²) in [5.74, 6) is -1.03. The van der Waals surface area contributed by atoms with Crippen molar-refractivity contribution >= 4 is 41.2 Å². The predicted molar refractivity (Wildman–Crippen MR) is 110 cm³/mol. The molecule has 1 atom stereocenters. The predicted octanol–water partition coefficient (Wildman–Crippen LogP) is 3.59. The Morgan fingerprint density at radius 3 is 2.62 bits per heavy atom. The summed E-state index contributed by atoms with van der Waals surface area (Å²) in [6, 6.07) is 4.43. The van der Waals surface area contributed by atoms with Crippen LogP contribution in [0.2, 0.25) is 10.0 Å². The second kappa shape index (κ2) is 10.2. The molecule has 1 aromatic rings. The molecule has 7 nitrogen and oxygen atoms in total. The van der Waals surface area contributed by atoms with Crippen molar-refractivity contribution in [2.75, 3.05) is 19.7 Å². The molecule has 160 valence electrons. The van der Waals surface area contributed by atoms with Crippen LogP contribution in [-0.4, -0.2) is 54.2 Å². The van der Waals surface area contributed by atoms with E-state index in [1.165, 1.54) is 4.90 Å². The fraction of sp³-hybridized carbons (Fsp3) is 0.550. The maximum absolute atomic E-state index is 12.3. The molecule has 0 unspecified atom stereocenters. The third-order valence-corrected chi connectivity index (χ3v) is 4.82. The molecule has 1 N–H and O–H groups in total. The molecule has 1 saturated heterocycles. The number of ether oxygens (including phenoxy) is 2. The Kier molecular flexibility index (Phi) is 8.16. The van der Waals surface area contributed by atoms with Gasteiger partial charge in [-0.15, -0.1) is 0 Å². The van der Waals surface area contributed by atoms with Crippen LogP contribution in [0.4, 0.5) is 4.79 Å². The van der Waals surface area contributed by atoms with E-state index in [1.807, 2.05) is 0 Å². The minimum Gasteiger partial charge on any atom is -0.454 e. The summed E-state index contributed by atoms with van der Waals surface area (Å²) in [6.45, 7) is 5.63. The maximum atomic E-state index is 12.3. The highest BCUT2D eigenvalue weighted by Crippen LogP contribution is 2.22. The van der Waals surface area contributed by atoms with Crippen molar-refractivity contribution in [2.24, 2.45) is 0 Å². The van der Waals surface area contributed by atoms with Crippen LogP contribution in [0.25, 0.3) is 0 Å². The van der Waals surface area contributed by atoms with Gasteiger partial charge < -0.3 is 14.8 Å². The lowest BCUT2D eigenvalue weighted by Crippen LogP contribution is -2.44. The van der Waals surface area contributed by atoms with E-state index in [1.54, 1.807) is 39.0 Å². The number of benzene rings is 1. The molecule has 1 aromatic carbocycles. The molecule has 9 heteroatoms. The smallest absolute Gasteiger partial charge is 0.411 e.